The second-order valence-electron chi connectivity index (χ2n) is 7.06. The summed E-state index contributed by atoms with van der Waals surface area (Å²) in [6, 6.07) is 2.01. The number of fused-ring (bicyclic) bond motifs is 1. The summed E-state index contributed by atoms with van der Waals surface area (Å²) in [6.45, 7) is 2.03. The van der Waals surface area contributed by atoms with Gasteiger partial charge in [-0.3, -0.25) is 14.5 Å². The molecule has 1 N–H and O–H groups in total. The molecule has 0 spiro atoms. The van der Waals surface area contributed by atoms with Crippen LogP contribution in [0.4, 0.5) is 0 Å². The Bertz CT molecular complexity index is 635. The molecule has 0 aliphatic carbocycles. The van der Waals surface area contributed by atoms with Crippen LogP contribution in [-0.4, -0.2) is 80.0 Å². The normalized spacial score (nSPS) is 22.8. The summed E-state index contributed by atoms with van der Waals surface area (Å²) < 4.78 is 0. The van der Waals surface area contributed by atoms with E-state index in [-0.39, 0.29) is 24.0 Å². The molecule has 3 heterocycles. The quantitative estimate of drug-likeness (QED) is 0.887. The molecule has 2 aliphatic heterocycles. The number of nitrogens with one attached hydrogen (secondary N) is 1. The summed E-state index contributed by atoms with van der Waals surface area (Å²) in [7, 11) is 7.88. The largest absolute Gasteiger partial charge is 0.349 e. The molecule has 0 aromatic carbocycles. The molecular formula is C17H26N4O2S. The van der Waals surface area contributed by atoms with Crippen molar-refractivity contribution in [3.05, 3.63) is 21.4 Å². The molecule has 1 atom stereocenters. The number of piperidine rings is 1. The van der Waals surface area contributed by atoms with E-state index in [1.165, 1.54) is 11.3 Å². The lowest BCUT2D eigenvalue weighted by Crippen LogP contribution is -2.50. The van der Waals surface area contributed by atoms with E-state index < -0.39 is 0 Å². The number of nitrogens with zero attached hydrogens (tertiary/aromatic N) is 3. The smallest absolute Gasteiger partial charge is 0.261 e. The summed E-state index contributed by atoms with van der Waals surface area (Å²) in [5, 5.41) is 3.13. The van der Waals surface area contributed by atoms with E-state index in [2.05, 4.69) is 17.3 Å². The van der Waals surface area contributed by atoms with Crippen molar-refractivity contribution in [3.8, 4) is 0 Å². The highest BCUT2D eigenvalue weighted by molar-refractivity contribution is 7.14. The highest BCUT2D eigenvalue weighted by Crippen LogP contribution is 2.31. The van der Waals surface area contributed by atoms with Crippen LogP contribution in [0.15, 0.2) is 6.07 Å². The molecule has 132 valence electrons. The standard InChI is InChI=1S/C17H26N4O2S/c1-19(2)15-10-13-12(17(23)21(15)4)9-14(24-13)16(22)18-11-5-7-20(3)8-6-11/h9,11,15H,5-8,10H2,1-4H3,(H,18,22). The highest BCUT2D eigenvalue weighted by Gasteiger charge is 2.33. The SMILES string of the molecule is CN1CCC(NC(=O)c2cc3c(s2)CC(N(C)C)N(C)C3=O)CC1. The first-order valence-electron chi connectivity index (χ1n) is 8.42. The second kappa shape index (κ2) is 6.82. The van der Waals surface area contributed by atoms with Crippen LogP contribution < -0.4 is 5.32 Å². The number of carbonyl (C=O) groups excluding carboxylic acids is 2. The summed E-state index contributed by atoms with van der Waals surface area (Å²) in [5.74, 6) is -0.0367. The molecule has 7 heteroatoms. The Balaban J connectivity index is 1.73. The van der Waals surface area contributed by atoms with Gasteiger partial charge in [-0.1, -0.05) is 0 Å². The molecule has 0 bridgehead atoms. The monoisotopic (exact) mass is 350 g/mol. The van der Waals surface area contributed by atoms with Crippen LogP contribution in [0.2, 0.25) is 0 Å². The molecule has 1 aromatic heterocycles. The van der Waals surface area contributed by atoms with Crippen molar-refractivity contribution >= 4 is 23.2 Å². The van der Waals surface area contributed by atoms with Gasteiger partial charge >= 0.3 is 0 Å². The Morgan fingerprint density at radius 3 is 2.58 bits per heavy atom. The lowest BCUT2D eigenvalue weighted by atomic mass is 10.0. The van der Waals surface area contributed by atoms with E-state index in [1.807, 2.05) is 26.0 Å². The topological polar surface area (TPSA) is 55.9 Å². The molecule has 1 aromatic rings. The van der Waals surface area contributed by atoms with E-state index in [4.69, 9.17) is 0 Å². The zero-order chi connectivity index (χ0) is 17.4. The van der Waals surface area contributed by atoms with Gasteiger partial charge in [0.25, 0.3) is 11.8 Å². The number of carbonyl (C=O) groups is 2. The molecule has 2 amide bonds. The first-order chi connectivity index (χ1) is 11.4. The van der Waals surface area contributed by atoms with Crippen molar-refractivity contribution in [1.82, 2.24) is 20.0 Å². The first kappa shape index (κ1) is 17.4. The number of hydrogen-bond donors (Lipinski definition) is 1. The van der Waals surface area contributed by atoms with Gasteiger partial charge in [-0.05, 0) is 53.1 Å². The average molecular weight is 350 g/mol. The number of thiophene rings is 1. The van der Waals surface area contributed by atoms with Crippen molar-refractivity contribution in [2.75, 3.05) is 41.3 Å². The summed E-state index contributed by atoms with van der Waals surface area (Å²) >= 11 is 1.46. The fourth-order valence-electron chi connectivity index (χ4n) is 3.44. The predicted molar refractivity (Wildman–Crippen MR) is 95.6 cm³/mol. The van der Waals surface area contributed by atoms with Gasteiger partial charge in [-0.2, -0.15) is 0 Å². The van der Waals surface area contributed by atoms with Gasteiger partial charge in [-0.15, -0.1) is 11.3 Å². The van der Waals surface area contributed by atoms with E-state index >= 15 is 0 Å². The van der Waals surface area contributed by atoms with Crippen molar-refractivity contribution in [2.45, 2.75) is 31.5 Å². The molecule has 1 unspecified atom stereocenters. The van der Waals surface area contributed by atoms with Crippen LogP contribution >= 0.6 is 11.3 Å². The number of rotatable bonds is 3. The van der Waals surface area contributed by atoms with Crippen molar-refractivity contribution in [1.29, 1.82) is 0 Å². The van der Waals surface area contributed by atoms with Crippen molar-refractivity contribution in [3.63, 3.8) is 0 Å². The highest BCUT2D eigenvalue weighted by atomic mass is 32.1. The molecular weight excluding hydrogens is 324 g/mol. The van der Waals surface area contributed by atoms with Gasteiger partial charge in [0, 0.05) is 24.4 Å². The Morgan fingerprint density at radius 2 is 1.96 bits per heavy atom. The van der Waals surface area contributed by atoms with Gasteiger partial charge in [0.05, 0.1) is 16.6 Å². The Hall–Kier alpha value is -1.44. The minimum absolute atomic E-state index is 0.00420. The zero-order valence-corrected chi connectivity index (χ0v) is 15.7. The Kier molecular flexibility index (Phi) is 4.94. The number of hydrogen-bond acceptors (Lipinski definition) is 5. The Labute approximate surface area is 147 Å². The molecule has 1 saturated heterocycles. The fraction of sp³-hybridized carbons (Fsp3) is 0.647. The maximum Gasteiger partial charge on any atom is 0.261 e. The lowest BCUT2D eigenvalue weighted by Gasteiger charge is -2.36. The molecule has 0 saturated carbocycles. The molecule has 3 rings (SSSR count). The maximum atomic E-state index is 12.6. The summed E-state index contributed by atoms with van der Waals surface area (Å²) in [5.41, 5.74) is 0.689. The lowest BCUT2D eigenvalue weighted by molar-refractivity contribution is 0.0509. The minimum atomic E-state index is -0.0409. The molecule has 0 radical (unpaired) electrons. The predicted octanol–water partition coefficient (Wildman–Crippen LogP) is 1.09. The van der Waals surface area contributed by atoms with E-state index in [0.717, 1.165) is 37.2 Å². The maximum absolute atomic E-state index is 12.6. The van der Waals surface area contributed by atoms with Crippen LogP contribution in [0.25, 0.3) is 0 Å². The van der Waals surface area contributed by atoms with Gasteiger partial charge in [-0.25, -0.2) is 0 Å². The third-order valence-corrected chi connectivity index (χ3v) is 6.20. The third kappa shape index (κ3) is 3.34. The summed E-state index contributed by atoms with van der Waals surface area (Å²) in [6.07, 6.45) is 2.79. The second-order valence-corrected chi connectivity index (χ2v) is 8.20. The zero-order valence-electron chi connectivity index (χ0n) is 14.8. The van der Waals surface area contributed by atoms with Crippen LogP contribution in [0.3, 0.4) is 0 Å². The molecule has 2 aliphatic rings. The third-order valence-electron chi connectivity index (χ3n) is 5.05. The van der Waals surface area contributed by atoms with Gasteiger partial charge < -0.3 is 15.1 Å². The average Bonchev–Trinajstić information content (AvgIpc) is 2.97. The minimum Gasteiger partial charge on any atom is -0.349 e. The van der Waals surface area contributed by atoms with Crippen LogP contribution in [0, 0.1) is 0 Å². The van der Waals surface area contributed by atoms with Crippen LogP contribution in [0.5, 0.6) is 0 Å². The van der Waals surface area contributed by atoms with Gasteiger partial charge in [0.1, 0.15) is 0 Å². The van der Waals surface area contributed by atoms with E-state index in [0.29, 0.717) is 10.4 Å². The number of likely N-dealkylation sites (N-methyl/N-ethyl adjacent to an activating group) is 2. The van der Waals surface area contributed by atoms with Gasteiger partial charge in [0.15, 0.2) is 0 Å². The number of likely N-dealkylation sites (tertiary alicyclic amines) is 1. The fourth-order valence-corrected chi connectivity index (χ4v) is 4.52. The van der Waals surface area contributed by atoms with E-state index in [1.54, 1.807) is 11.0 Å². The molecule has 6 nitrogen and oxygen atoms in total. The molecule has 1 fully saturated rings. The van der Waals surface area contributed by atoms with Crippen molar-refractivity contribution < 1.29 is 9.59 Å². The van der Waals surface area contributed by atoms with Gasteiger partial charge in [0.2, 0.25) is 0 Å². The number of amides is 2. The van der Waals surface area contributed by atoms with Crippen LogP contribution in [0.1, 0.15) is 37.7 Å². The summed E-state index contributed by atoms with van der Waals surface area (Å²) in [4.78, 5) is 32.9. The Morgan fingerprint density at radius 1 is 1.29 bits per heavy atom. The van der Waals surface area contributed by atoms with E-state index in [9.17, 15) is 9.59 Å². The van der Waals surface area contributed by atoms with Crippen molar-refractivity contribution in [2.24, 2.45) is 0 Å². The van der Waals surface area contributed by atoms with Crippen LogP contribution in [-0.2, 0) is 6.42 Å². The molecule has 24 heavy (non-hydrogen) atoms. The first-order valence-corrected chi connectivity index (χ1v) is 9.24.